The fraction of sp³-hybridized carbons (Fsp3) is 0.250. The molecule has 0 amide bonds. The number of ether oxygens (including phenoxy) is 2. The highest BCUT2D eigenvalue weighted by atomic mass is 16.5. The summed E-state index contributed by atoms with van der Waals surface area (Å²) in [5, 5.41) is 0. The minimum absolute atomic E-state index is 0.354. The maximum atomic E-state index is 11.4. The van der Waals surface area contributed by atoms with Gasteiger partial charge in [-0.05, 0) is 30.7 Å². The first-order chi connectivity index (χ1) is 7.63. The lowest BCUT2D eigenvalue weighted by Gasteiger charge is -2.04. The topological polar surface area (TPSA) is 52.6 Å². The Balaban J connectivity index is 2.63. The van der Waals surface area contributed by atoms with Gasteiger partial charge in [0.1, 0.15) is 5.75 Å². The van der Waals surface area contributed by atoms with Crippen molar-refractivity contribution in [2.45, 2.75) is 13.3 Å². The van der Waals surface area contributed by atoms with Gasteiger partial charge in [-0.15, -0.1) is 0 Å². The molecule has 1 aromatic rings. The van der Waals surface area contributed by atoms with Crippen LogP contribution in [0.3, 0.4) is 0 Å². The molecule has 1 aromatic carbocycles. The van der Waals surface area contributed by atoms with Gasteiger partial charge in [-0.1, -0.05) is 6.92 Å². The van der Waals surface area contributed by atoms with Crippen molar-refractivity contribution in [3.05, 3.63) is 36.8 Å². The second-order valence-electron chi connectivity index (χ2n) is 3.13. The first-order valence-electron chi connectivity index (χ1n) is 4.94. The molecule has 0 atom stereocenters. The average Bonchev–Trinajstić information content (AvgIpc) is 2.26. The summed E-state index contributed by atoms with van der Waals surface area (Å²) in [6.07, 6.45) is 0.781. The summed E-state index contributed by atoms with van der Waals surface area (Å²) in [5.74, 6) is -0.664. The zero-order valence-corrected chi connectivity index (χ0v) is 9.06. The Labute approximate surface area is 94.2 Å². The van der Waals surface area contributed by atoms with Gasteiger partial charge in [0, 0.05) is 0 Å². The smallest absolute Gasteiger partial charge is 0.338 e. The Morgan fingerprint density at radius 1 is 1.25 bits per heavy atom. The van der Waals surface area contributed by atoms with Gasteiger partial charge in [-0.3, -0.25) is 4.79 Å². The van der Waals surface area contributed by atoms with E-state index in [1.54, 1.807) is 0 Å². The van der Waals surface area contributed by atoms with E-state index in [2.05, 4.69) is 6.92 Å². The third-order valence-corrected chi connectivity index (χ3v) is 1.76. The standard InChI is InChI=1S/C12H13O4/c1-3-8-15-12(14)10-4-6-11(7-5-10)16-9(2)13/h4-7H,2-3,8H2,1H3. The van der Waals surface area contributed by atoms with E-state index < -0.39 is 5.97 Å². The molecular weight excluding hydrogens is 208 g/mol. The van der Waals surface area contributed by atoms with Gasteiger partial charge >= 0.3 is 11.9 Å². The fourth-order valence-corrected chi connectivity index (χ4v) is 1.07. The van der Waals surface area contributed by atoms with Gasteiger partial charge in [0.2, 0.25) is 0 Å². The largest absolute Gasteiger partial charge is 0.462 e. The van der Waals surface area contributed by atoms with E-state index in [4.69, 9.17) is 9.47 Å². The normalized spacial score (nSPS) is 9.62. The number of hydrogen-bond acceptors (Lipinski definition) is 4. The molecule has 0 bridgehead atoms. The number of carbonyl (C=O) groups excluding carboxylic acids is 2. The van der Waals surface area contributed by atoms with Crippen molar-refractivity contribution in [1.29, 1.82) is 0 Å². The predicted molar refractivity (Wildman–Crippen MR) is 58.0 cm³/mol. The molecule has 0 heterocycles. The highest BCUT2D eigenvalue weighted by Gasteiger charge is 2.06. The molecule has 0 unspecified atom stereocenters. The Morgan fingerprint density at radius 2 is 1.88 bits per heavy atom. The van der Waals surface area contributed by atoms with Gasteiger partial charge in [0.05, 0.1) is 19.1 Å². The number of carbonyl (C=O) groups is 2. The van der Waals surface area contributed by atoms with Crippen LogP contribution < -0.4 is 4.74 Å². The third kappa shape index (κ3) is 3.73. The van der Waals surface area contributed by atoms with Crippen LogP contribution in [0.4, 0.5) is 0 Å². The van der Waals surface area contributed by atoms with E-state index in [1.165, 1.54) is 24.3 Å². The van der Waals surface area contributed by atoms with Crippen LogP contribution in [0, 0.1) is 6.92 Å². The van der Waals surface area contributed by atoms with Gasteiger partial charge in [0.25, 0.3) is 0 Å². The number of benzene rings is 1. The molecule has 0 N–H and O–H groups in total. The van der Waals surface area contributed by atoms with Crippen molar-refractivity contribution in [3.63, 3.8) is 0 Å². The molecular formula is C12H13O4. The molecule has 0 aliphatic rings. The van der Waals surface area contributed by atoms with Crippen molar-refractivity contribution in [2.75, 3.05) is 6.61 Å². The van der Waals surface area contributed by atoms with Gasteiger partial charge in [-0.2, -0.15) is 0 Å². The Kier molecular flexibility index (Phi) is 4.51. The van der Waals surface area contributed by atoms with E-state index in [0.29, 0.717) is 17.9 Å². The molecule has 4 heteroatoms. The Morgan fingerprint density at radius 3 is 2.38 bits per heavy atom. The Bertz CT molecular complexity index is 367. The maximum absolute atomic E-state index is 11.4. The summed E-state index contributed by atoms with van der Waals surface area (Å²) in [4.78, 5) is 21.9. The molecule has 4 nitrogen and oxygen atoms in total. The van der Waals surface area contributed by atoms with Crippen molar-refractivity contribution in [3.8, 4) is 5.75 Å². The first kappa shape index (κ1) is 12.2. The molecule has 0 spiro atoms. The number of hydrogen-bond donors (Lipinski definition) is 0. The summed E-state index contributed by atoms with van der Waals surface area (Å²) in [6.45, 7) is 5.40. The van der Waals surface area contributed by atoms with E-state index in [0.717, 1.165) is 6.42 Å². The number of esters is 2. The third-order valence-electron chi connectivity index (χ3n) is 1.76. The maximum Gasteiger partial charge on any atom is 0.338 e. The predicted octanol–water partition coefficient (Wildman–Crippen LogP) is 1.99. The van der Waals surface area contributed by atoms with Crippen LogP contribution in [0.5, 0.6) is 5.75 Å². The zero-order chi connectivity index (χ0) is 12.0. The monoisotopic (exact) mass is 221 g/mol. The Hall–Kier alpha value is -1.84. The molecule has 0 fully saturated rings. The van der Waals surface area contributed by atoms with Crippen molar-refractivity contribution < 1.29 is 19.1 Å². The van der Waals surface area contributed by atoms with Gasteiger partial charge < -0.3 is 9.47 Å². The van der Waals surface area contributed by atoms with E-state index in [9.17, 15) is 9.59 Å². The minimum Gasteiger partial charge on any atom is -0.462 e. The molecule has 1 rings (SSSR count). The highest BCUT2D eigenvalue weighted by Crippen LogP contribution is 2.13. The number of rotatable bonds is 4. The second-order valence-corrected chi connectivity index (χ2v) is 3.13. The molecule has 1 radical (unpaired) electrons. The second kappa shape index (κ2) is 5.90. The van der Waals surface area contributed by atoms with Gasteiger partial charge in [-0.25, -0.2) is 4.79 Å². The van der Waals surface area contributed by atoms with E-state index in [1.807, 2.05) is 6.92 Å². The lowest BCUT2D eigenvalue weighted by molar-refractivity contribution is -0.129. The van der Waals surface area contributed by atoms with Crippen LogP contribution in [0.15, 0.2) is 24.3 Å². The molecule has 0 aliphatic carbocycles. The molecule has 0 aromatic heterocycles. The average molecular weight is 221 g/mol. The summed E-state index contributed by atoms with van der Waals surface area (Å²) in [7, 11) is 0. The van der Waals surface area contributed by atoms with Crippen molar-refractivity contribution >= 4 is 11.9 Å². The molecule has 0 saturated carbocycles. The molecule has 0 saturated heterocycles. The van der Waals surface area contributed by atoms with Crippen LogP contribution in [0.25, 0.3) is 0 Å². The van der Waals surface area contributed by atoms with Crippen LogP contribution in [0.1, 0.15) is 23.7 Å². The van der Waals surface area contributed by atoms with Gasteiger partial charge in [0.15, 0.2) is 0 Å². The fourth-order valence-electron chi connectivity index (χ4n) is 1.07. The summed E-state index contributed by atoms with van der Waals surface area (Å²) < 4.78 is 9.67. The van der Waals surface area contributed by atoms with Crippen molar-refractivity contribution in [1.82, 2.24) is 0 Å². The summed E-state index contributed by atoms with van der Waals surface area (Å²) in [5.41, 5.74) is 0.428. The highest BCUT2D eigenvalue weighted by molar-refractivity contribution is 5.89. The van der Waals surface area contributed by atoms with Crippen LogP contribution in [-0.2, 0) is 9.53 Å². The summed E-state index contributed by atoms with van der Waals surface area (Å²) in [6, 6.07) is 6.11. The van der Waals surface area contributed by atoms with Crippen LogP contribution >= 0.6 is 0 Å². The van der Waals surface area contributed by atoms with E-state index in [-0.39, 0.29) is 5.97 Å². The quantitative estimate of drug-likeness (QED) is 0.576. The summed E-state index contributed by atoms with van der Waals surface area (Å²) >= 11 is 0. The zero-order valence-electron chi connectivity index (χ0n) is 9.06. The van der Waals surface area contributed by atoms with Crippen LogP contribution in [-0.4, -0.2) is 18.5 Å². The van der Waals surface area contributed by atoms with Crippen molar-refractivity contribution in [2.24, 2.45) is 0 Å². The first-order valence-corrected chi connectivity index (χ1v) is 4.94. The minimum atomic E-state index is -0.638. The molecule has 0 aliphatic heterocycles. The van der Waals surface area contributed by atoms with Crippen LogP contribution in [0.2, 0.25) is 0 Å². The lowest BCUT2D eigenvalue weighted by Crippen LogP contribution is -2.06. The van der Waals surface area contributed by atoms with E-state index >= 15 is 0 Å². The lowest BCUT2D eigenvalue weighted by atomic mass is 10.2. The molecule has 16 heavy (non-hydrogen) atoms. The molecule has 85 valence electrons. The SMILES string of the molecule is [CH2]C(=O)Oc1ccc(C(=O)OCCC)cc1.